The maximum atomic E-state index is 12.2. The lowest BCUT2D eigenvalue weighted by molar-refractivity contribution is -0.132. The van der Waals surface area contributed by atoms with Crippen LogP contribution in [0.4, 0.5) is 0 Å². The van der Waals surface area contributed by atoms with Crippen LogP contribution in [-0.4, -0.2) is 50.0 Å². The molecule has 0 aromatic heterocycles. The topological polar surface area (TPSA) is 48.0 Å². The molecule has 2 heterocycles. The molecule has 2 aliphatic heterocycles. The molecule has 1 aromatic rings. The first-order valence-corrected chi connectivity index (χ1v) is 8.14. The van der Waals surface area contributed by atoms with E-state index in [0.29, 0.717) is 32.8 Å². The molecule has 6 heteroatoms. The van der Waals surface area contributed by atoms with E-state index >= 15 is 0 Å². The first-order chi connectivity index (χ1) is 10.3. The monoisotopic (exact) mass is 309 g/mol. The number of hydrogen-bond donors (Lipinski definition) is 0. The van der Waals surface area contributed by atoms with E-state index in [1.54, 1.807) is 18.9 Å². The van der Waals surface area contributed by atoms with Crippen LogP contribution in [0.5, 0.6) is 11.5 Å². The first kappa shape index (κ1) is 14.5. The summed E-state index contributed by atoms with van der Waals surface area (Å²) in [5.41, 5.74) is 1.08. The molecule has 0 bridgehead atoms. The molecule has 0 saturated carbocycles. The van der Waals surface area contributed by atoms with Crippen LogP contribution in [0.1, 0.15) is 17.4 Å². The molecule has 1 saturated heterocycles. The normalized spacial score (nSPS) is 21.5. The number of amides is 1. The van der Waals surface area contributed by atoms with Gasteiger partial charge in [-0.2, -0.15) is 0 Å². The number of carbonyl (C=O) groups is 1. The van der Waals surface area contributed by atoms with E-state index < -0.39 is 0 Å². The molecule has 114 valence electrons. The van der Waals surface area contributed by atoms with Crippen molar-refractivity contribution in [3.63, 3.8) is 0 Å². The number of benzene rings is 1. The fraction of sp³-hybridized carbons (Fsp3) is 0.533. The average molecular weight is 309 g/mol. The molecule has 1 fully saturated rings. The van der Waals surface area contributed by atoms with Crippen molar-refractivity contribution >= 4 is 17.7 Å². The molecule has 21 heavy (non-hydrogen) atoms. The minimum Gasteiger partial charge on any atom is -0.486 e. The Morgan fingerprint density at radius 2 is 2.14 bits per heavy atom. The van der Waals surface area contributed by atoms with Gasteiger partial charge in [-0.3, -0.25) is 4.79 Å². The summed E-state index contributed by atoms with van der Waals surface area (Å²) in [5.74, 6) is 2.58. The van der Waals surface area contributed by atoms with Gasteiger partial charge in [0, 0.05) is 25.8 Å². The lowest BCUT2D eigenvalue weighted by Crippen LogP contribution is -2.39. The fourth-order valence-electron chi connectivity index (χ4n) is 2.54. The summed E-state index contributed by atoms with van der Waals surface area (Å²) in [5, 5.41) is 0.0252. The largest absolute Gasteiger partial charge is 0.486 e. The molecule has 2 aliphatic rings. The molecular formula is C15H19NO4S. The number of nitrogens with zero attached hydrogens (tertiary/aromatic N) is 1. The molecule has 1 aromatic carbocycles. The molecular weight excluding hydrogens is 290 g/mol. The lowest BCUT2D eigenvalue weighted by Gasteiger charge is -2.35. The van der Waals surface area contributed by atoms with Crippen LogP contribution in [0.3, 0.4) is 0 Å². The number of rotatable bonds is 4. The second-order valence-corrected chi connectivity index (χ2v) is 6.14. The highest BCUT2D eigenvalue weighted by Crippen LogP contribution is 2.41. The van der Waals surface area contributed by atoms with Gasteiger partial charge in [0.2, 0.25) is 5.91 Å². The molecule has 0 radical (unpaired) electrons. The number of hydrogen-bond acceptors (Lipinski definition) is 5. The molecule has 1 amide bonds. The van der Waals surface area contributed by atoms with E-state index in [0.717, 1.165) is 22.8 Å². The van der Waals surface area contributed by atoms with E-state index in [1.807, 2.05) is 23.1 Å². The van der Waals surface area contributed by atoms with Gasteiger partial charge in [-0.25, -0.2) is 0 Å². The lowest BCUT2D eigenvalue weighted by atomic mass is 10.1. The van der Waals surface area contributed by atoms with Gasteiger partial charge in [-0.1, -0.05) is 6.07 Å². The number of thioether (sulfide) groups is 1. The van der Waals surface area contributed by atoms with E-state index in [2.05, 4.69) is 0 Å². The van der Waals surface area contributed by atoms with Gasteiger partial charge < -0.3 is 19.1 Å². The Balaban J connectivity index is 1.84. The van der Waals surface area contributed by atoms with Crippen molar-refractivity contribution in [2.75, 3.05) is 39.2 Å². The number of methoxy groups -OCH3 is 1. The van der Waals surface area contributed by atoms with Crippen molar-refractivity contribution in [2.45, 2.75) is 11.8 Å². The minimum absolute atomic E-state index is 0.0252. The van der Waals surface area contributed by atoms with E-state index in [4.69, 9.17) is 14.2 Å². The Morgan fingerprint density at radius 3 is 2.95 bits per heavy atom. The number of carbonyl (C=O) groups excluding carboxylic acids is 1. The summed E-state index contributed by atoms with van der Waals surface area (Å²) in [6.45, 7) is 2.32. The second-order valence-electron chi connectivity index (χ2n) is 4.96. The predicted octanol–water partition coefficient (Wildman–Crippen LogP) is 2.07. The van der Waals surface area contributed by atoms with Gasteiger partial charge in [0.15, 0.2) is 11.5 Å². The highest BCUT2D eigenvalue weighted by atomic mass is 32.2. The Kier molecular flexibility index (Phi) is 4.55. The Hall–Kier alpha value is -1.40. The highest BCUT2D eigenvalue weighted by molar-refractivity contribution is 7.99. The first-order valence-electron chi connectivity index (χ1n) is 7.09. The summed E-state index contributed by atoms with van der Waals surface area (Å²) in [7, 11) is 1.65. The van der Waals surface area contributed by atoms with Crippen LogP contribution < -0.4 is 9.47 Å². The standard InChI is InChI=1S/C15H19NO4S/c1-18-6-5-16-14(17)4-9-21-15(16)11-2-3-12-13(10-11)20-8-7-19-12/h2-3,10,15H,4-9H2,1H3. The summed E-state index contributed by atoms with van der Waals surface area (Å²) >= 11 is 1.78. The van der Waals surface area contributed by atoms with Crippen LogP contribution in [0.15, 0.2) is 18.2 Å². The van der Waals surface area contributed by atoms with Crippen molar-refractivity contribution in [1.82, 2.24) is 4.90 Å². The Bertz CT molecular complexity index is 522. The maximum Gasteiger partial charge on any atom is 0.224 e. The van der Waals surface area contributed by atoms with Crippen LogP contribution in [0, 0.1) is 0 Å². The minimum atomic E-state index is 0.0252. The van der Waals surface area contributed by atoms with Gasteiger partial charge >= 0.3 is 0 Å². The summed E-state index contributed by atoms with van der Waals surface area (Å²) < 4.78 is 16.3. The molecule has 1 atom stereocenters. The number of fused-ring (bicyclic) bond motifs is 1. The van der Waals surface area contributed by atoms with Gasteiger partial charge in [-0.05, 0) is 17.7 Å². The van der Waals surface area contributed by atoms with Gasteiger partial charge in [0.1, 0.15) is 18.6 Å². The van der Waals surface area contributed by atoms with Crippen molar-refractivity contribution < 1.29 is 19.0 Å². The van der Waals surface area contributed by atoms with E-state index in [1.165, 1.54) is 0 Å². The molecule has 0 aliphatic carbocycles. The average Bonchev–Trinajstić information content (AvgIpc) is 2.53. The molecule has 0 N–H and O–H groups in total. The van der Waals surface area contributed by atoms with Crippen molar-refractivity contribution in [1.29, 1.82) is 0 Å². The second kappa shape index (κ2) is 6.58. The molecule has 0 spiro atoms. The highest BCUT2D eigenvalue weighted by Gasteiger charge is 2.30. The predicted molar refractivity (Wildman–Crippen MR) is 80.8 cm³/mol. The number of ether oxygens (including phenoxy) is 3. The van der Waals surface area contributed by atoms with E-state index in [-0.39, 0.29) is 11.3 Å². The Morgan fingerprint density at radius 1 is 1.33 bits per heavy atom. The van der Waals surface area contributed by atoms with Gasteiger partial charge in [-0.15, -0.1) is 11.8 Å². The van der Waals surface area contributed by atoms with Gasteiger partial charge in [0.25, 0.3) is 0 Å². The zero-order valence-corrected chi connectivity index (χ0v) is 12.9. The maximum absolute atomic E-state index is 12.2. The van der Waals surface area contributed by atoms with Crippen LogP contribution >= 0.6 is 11.8 Å². The van der Waals surface area contributed by atoms with Crippen molar-refractivity contribution in [2.24, 2.45) is 0 Å². The summed E-state index contributed by atoms with van der Waals surface area (Å²) in [4.78, 5) is 14.1. The Labute approximate surface area is 128 Å². The zero-order chi connectivity index (χ0) is 14.7. The SMILES string of the molecule is COCCN1C(=O)CCSC1c1ccc2c(c1)OCCO2. The van der Waals surface area contributed by atoms with Gasteiger partial charge in [0.05, 0.1) is 6.61 Å². The molecule has 1 unspecified atom stereocenters. The third-order valence-corrected chi connectivity index (χ3v) is 4.86. The zero-order valence-electron chi connectivity index (χ0n) is 12.0. The smallest absolute Gasteiger partial charge is 0.224 e. The van der Waals surface area contributed by atoms with E-state index in [9.17, 15) is 4.79 Å². The summed E-state index contributed by atoms with van der Waals surface area (Å²) in [6, 6.07) is 5.94. The van der Waals surface area contributed by atoms with Crippen molar-refractivity contribution in [3.8, 4) is 11.5 Å². The third kappa shape index (κ3) is 3.11. The summed E-state index contributed by atoms with van der Waals surface area (Å²) in [6.07, 6.45) is 0.593. The molecule has 3 rings (SSSR count). The molecule has 5 nitrogen and oxygen atoms in total. The van der Waals surface area contributed by atoms with Crippen LogP contribution in [0.2, 0.25) is 0 Å². The third-order valence-electron chi connectivity index (χ3n) is 3.58. The quantitative estimate of drug-likeness (QED) is 0.852. The van der Waals surface area contributed by atoms with Crippen LogP contribution in [0.25, 0.3) is 0 Å². The fourth-order valence-corrected chi connectivity index (χ4v) is 3.80. The van der Waals surface area contributed by atoms with Crippen LogP contribution in [-0.2, 0) is 9.53 Å². The van der Waals surface area contributed by atoms with Crippen molar-refractivity contribution in [3.05, 3.63) is 23.8 Å².